The third kappa shape index (κ3) is 3.08. The van der Waals surface area contributed by atoms with Crippen LogP contribution in [-0.4, -0.2) is 44.5 Å². The highest BCUT2D eigenvalue weighted by Crippen LogP contribution is 2.50. The van der Waals surface area contributed by atoms with Crippen molar-refractivity contribution in [2.45, 2.75) is 76.7 Å². The zero-order chi connectivity index (χ0) is 19.0. The van der Waals surface area contributed by atoms with Crippen LogP contribution >= 0.6 is 0 Å². The van der Waals surface area contributed by atoms with Gasteiger partial charge in [-0.1, -0.05) is 41.5 Å². The van der Waals surface area contributed by atoms with Crippen molar-refractivity contribution in [2.75, 3.05) is 13.7 Å². The van der Waals surface area contributed by atoms with Gasteiger partial charge in [0.15, 0.2) is 5.72 Å². The summed E-state index contributed by atoms with van der Waals surface area (Å²) in [5, 5.41) is 0. The predicted molar refractivity (Wildman–Crippen MR) is 100 cm³/mol. The van der Waals surface area contributed by atoms with Gasteiger partial charge in [-0.05, 0) is 35.5 Å². The van der Waals surface area contributed by atoms with Crippen LogP contribution in [0.25, 0.3) is 0 Å². The van der Waals surface area contributed by atoms with Gasteiger partial charge in [-0.3, -0.25) is 9.59 Å². The van der Waals surface area contributed by atoms with Crippen LogP contribution in [0.1, 0.15) is 54.4 Å². The molecule has 142 valence electrons. The maximum atomic E-state index is 12.6. The molecule has 2 aliphatic rings. The second-order valence-corrected chi connectivity index (χ2v) is 13.6. The molecule has 5 nitrogen and oxygen atoms in total. The summed E-state index contributed by atoms with van der Waals surface area (Å²) in [5.74, 6) is -0.812. The highest BCUT2D eigenvalue weighted by atomic mass is 28.4. The van der Waals surface area contributed by atoms with Crippen LogP contribution < -0.4 is 0 Å². The zero-order valence-electron chi connectivity index (χ0n) is 16.7. The molecule has 0 bridgehead atoms. The van der Waals surface area contributed by atoms with E-state index in [4.69, 9.17) is 9.16 Å². The summed E-state index contributed by atoms with van der Waals surface area (Å²) in [4.78, 5) is 26.8. The topological polar surface area (TPSA) is 55.8 Å². The molecular formula is C19H33NO4Si. The number of hydrogen-bond acceptors (Lipinski definition) is 4. The number of esters is 1. The number of carbonyl (C=O) groups excluding carboxylic acids is 2. The second kappa shape index (κ2) is 7.23. The first kappa shape index (κ1) is 20.2. The Morgan fingerprint density at radius 1 is 1.20 bits per heavy atom. The first-order valence-corrected chi connectivity index (χ1v) is 11.6. The number of piperidine rings is 1. The summed E-state index contributed by atoms with van der Waals surface area (Å²) in [6, 6.07) is 0. The van der Waals surface area contributed by atoms with E-state index in [9.17, 15) is 9.59 Å². The fourth-order valence-corrected chi connectivity index (χ4v) is 10.6. The van der Waals surface area contributed by atoms with E-state index >= 15 is 0 Å². The Morgan fingerprint density at radius 2 is 1.76 bits per heavy atom. The van der Waals surface area contributed by atoms with Crippen molar-refractivity contribution in [1.82, 2.24) is 4.90 Å². The SMILES string of the molecule is COC(=O)[C@@H]1CCCN2C(=O)C=C[C@]12O[Si](C(C)C)(C(C)C)C(C)C. The van der Waals surface area contributed by atoms with Gasteiger partial charge >= 0.3 is 5.97 Å². The van der Waals surface area contributed by atoms with Crippen molar-refractivity contribution in [3.8, 4) is 0 Å². The number of hydrogen-bond donors (Lipinski definition) is 0. The molecule has 2 atom stereocenters. The van der Waals surface area contributed by atoms with Gasteiger partial charge in [0.2, 0.25) is 14.2 Å². The summed E-state index contributed by atoms with van der Waals surface area (Å²) < 4.78 is 12.1. The number of methoxy groups -OCH3 is 1. The fourth-order valence-electron chi connectivity index (χ4n) is 5.02. The lowest BCUT2D eigenvalue weighted by Crippen LogP contribution is -2.65. The Hall–Kier alpha value is -1.14. The van der Waals surface area contributed by atoms with Crippen LogP contribution in [0.4, 0.5) is 0 Å². The molecule has 1 fully saturated rings. The molecular weight excluding hydrogens is 334 g/mol. The van der Waals surface area contributed by atoms with E-state index in [1.807, 2.05) is 6.08 Å². The van der Waals surface area contributed by atoms with E-state index < -0.39 is 20.0 Å². The molecule has 1 amide bonds. The molecule has 0 aromatic rings. The highest BCUT2D eigenvalue weighted by Gasteiger charge is 2.60. The number of amides is 1. The highest BCUT2D eigenvalue weighted by molar-refractivity contribution is 6.77. The Bertz CT molecular complexity index is 536. The summed E-state index contributed by atoms with van der Waals surface area (Å²) in [6.45, 7) is 13.9. The maximum Gasteiger partial charge on any atom is 0.313 e. The average molecular weight is 368 g/mol. The van der Waals surface area contributed by atoms with Crippen LogP contribution in [0.5, 0.6) is 0 Å². The molecule has 0 unspecified atom stereocenters. The standard InChI is InChI=1S/C19H33NO4Si/c1-13(2)25(14(3)4,15(5)6)24-19-11-10-17(21)20(19)12-8-9-16(19)18(22)23-7/h10-11,13-16H,8-9,12H2,1-7H3/t16-,19-/m0/s1. The van der Waals surface area contributed by atoms with Crippen molar-refractivity contribution in [1.29, 1.82) is 0 Å². The van der Waals surface area contributed by atoms with Crippen LogP contribution in [0.2, 0.25) is 16.6 Å². The maximum absolute atomic E-state index is 12.6. The number of rotatable bonds is 6. The number of fused-ring (bicyclic) bond motifs is 1. The molecule has 0 radical (unpaired) electrons. The van der Waals surface area contributed by atoms with Crippen molar-refractivity contribution >= 4 is 20.2 Å². The van der Waals surface area contributed by atoms with E-state index in [1.165, 1.54) is 7.11 Å². The van der Waals surface area contributed by atoms with Crippen molar-refractivity contribution in [2.24, 2.45) is 5.92 Å². The molecule has 0 saturated carbocycles. The van der Waals surface area contributed by atoms with E-state index in [0.717, 1.165) is 6.42 Å². The van der Waals surface area contributed by atoms with Gasteiger partial charge in [-0.25, -0.2) is 0 Å². The Labute approximate surface area is 152 Å². The second-order valence-electron chi connectivity index (χ2n) is 8.21. The van der Waals surface area contributed by atoms with Crippen molar-refractivity contribution < 1.29 is 18.8 Å². The quantitative estimate of drug-likeness (QED) is 0.528. The minimum Gasteiger partial charge on any atom is -0.469 e. The van der Waals surface area contributed by atoms with Gasteiger partial charge in [0.05, 0.1) is 7.11 Å². The molecule has 25 heavy (non-hydrogen) atoms. The Kier molecular flexibility index (Phi) is 5.84. The van der Waals surface area contributed by atoms with Crippen molar-refractivity contribution in [3.05, 3.63) is 12.2 Å². The lowest BCUT2D eigenvalue weighted by molar-refractivity contribution is -0.174. The third-order valence-electron chi connectivity index (χ3n) is 6.06. The molecule has 2 heterocycles. The first-order valence-electron chi connectivity index (χ1n) is 9.42. The average Bonchev–Trinajstić information content (AvgIpc) is 2.88. The minimum atomic E-state index is -2.29. The predicted octanol–water partition coefficient (Wildman–Crippen LogP) is 3.86. The molecule has 0 aromatic heterocycles. The fraction of sp³-hybridized carbons (Fsp3) is 0.789. The van der Waals surface area contributed by atoms with Gasteiger partial charge in [0.1, 0.15) is 5.92 Å². The van der Waals surface area contributed by atoms with E-state index in [1.54, 1.807) is 11.0 Å². The normalized spacial score (nSPS) is 26.7. The van der Waals surface area contributed by atoms with Crippen molar-refractivity contribution in [3.63, 3.8) is 0 Å². The molecule has 2 aliphatic heterocycles. The molecule has 0 aliphatic carbocycles. The zero-order valence-corrected chi connectivity index (χ0v) is 17.7. The van der Waals surface area contributed by atoms with Crippen LogP contribution in [0, 0.1) is 5.92 Å². The molecule has 6 heteroatoms. The number of nitrogens with zero attached hydrogens (tertiary/aromatic N) is 1. The summed E-state index contributed by atoms with van der Waals surface area (Å²) in [7, 11) is -0.883. The van der Waals surface area contributed by atoms with Gasteiger partial charge in [0, 0.05) is 12.6 Å². The third-order valence-corrected chi connectivity index (χ3v) is 12.2. The van der Waals surface area contributed by atoms with Gasteiger partial charge in [0.25, 0.3) is 0 Å². The summed E-state index contributed by atoms with van der Waals surface area (Å²) in [6.07, 6.45) is 4.86. The van der Waals surface area contributed by atoms with E-state index in [-0.39, 0.29) is 11.9 Å². The lowest BCUT2D eigenvalue weighted by Gasteiger charge is -2.54. The Morgan fingerprint density at radius 3 is 2.24 bits per heavy atom. The van der Waals surface area contributed by atoms with Crippen LogP contribution in [-0.2, 0) is 18.8 Å². The number of ether oxygens (including phenoxy) is 1. The molecule has 0 aromatic carbocycles. The van der Waals surface area contributed by atoms with Gasteiger partial charge in [-0.15, -0.1) is 0 Å². The van der Waals surface area contributed by atoms with E-state index in [2.05, 4.69) is 41.5 Å². The van der Waals surface area contributed by atoms with E-state index in [0.29, 0.717) is 29.6 Å². The molecule has 1 saturated heterocycles. The first-order chi connectivity index (χ1) is 11.6. The molecule has 0 N–H and O–H groups in total. The summed E-state index contributed by atoms with van der Waals surface area (Å²) in [5.41, 5.74) is 0.127. The smallest absolute Gasteiger partial charge is 0.313 e. The largest absolute Gasteiger partial charge is 0.469 e. The monoisotopic (exact) mass is 367 g/mol. The number of carbonyl (C=O) groups is 2. The van der Waals surface area contributed by atoms with Crippen LogP contribution in [0.15, 0.2) is 12.2 Å². The van der Waals surface area contributed by atoms with Crippen LogP contribution in [0.3, 0.4) is 0 Å². The minimum absolute atomic E-state index is 0.0622. The lowest BCUT2D eigenvalue weighted by atomic mass is 9.87. The molecule has 2 rings (SSSR count). The summed E-state index contributed by atoms with van der Waals surface area (Å²) >= 11 is 0. The Balaban J connectivity index is 2.57. The van der Waals surface area contributed by atoms with Gasteiger partial charge < -0.3 is 14.1 Å². The van der Waals surface area contributed by atoms with Gasteiger partial charge in [-0.2, -0.15) is 0 Å². The molecule has 0 spiro atoms.